The number of nitrogens with zero attached hydrogens (tertiary/aromatic N) is 1. The Hall–Kier alpha value is -1.48. The largest absolute Gasteiger partial charge is 0.349 e. The van der Waals surface area contributed by atoms with Crippen molar-refractivity contribution in [1.82, 2.24) is 15.6 Å². The minimum Gasteiger partial charge on any atom is -0.349 e. The Balaban J connectivity index is 1.79. The summed E-state index contributed by atoms with van der Waals surface area (Å²) in [5, 5.41) is 8.39. The molecule has 2 N–H and O–H groups in total. The minimum absolute atomic E-state index is 0.0506. The quantitative estimate of drug-likeness (QED) is 0.675. The third-order valence-electron chi connectivity index (χ3n) is 3.06. The average molecular weight is 443 g/mol. The number of hydrogen-bond acceptors (Lipinski definition) is 4. The molecular weight excluding hydrogens is 425 g/mol. The molecule has 2 amide bonds. The maximum atomic E-state index is 12.0. The molecule has 0 aliphatic heterocycles. The zero-order valence-corrected chi connectivity index (χ0v) is 15.9. The molecule has 1 aromatic heterocycles. The summed E-state index contributed by atoms with van der Waals surface area (Å²) in [7, 11) is 0. The molecule has 0 bridgehead atoms. The van der Waals surface area contributed by atoms with Crippen LogP contribution in [0.3, 0.4) is 0 Å². The third kappa shape index (κ3) is 5.28. The number of rotatable bonds is 6. The zero-order chi connectivity index (χ0) is 16.8. The lowest BCUT2D eigenvalue weighted by molar-refractivity contribution is -0.120. The maximum Gasteiger partial charge on any atom is 0.252 e. The average Bonchev–Trinajstić information content (AvgIpc) is 3.00. The Morgan fingerprint density at radius 2 is 2.00 bits per heavy atom. The number of carbonyl (C=O) groups is 2. The summed E-state index contributed by atoms with van der Waals surface area (Å²) in [5.41, 5.74) is 1.41. The fraction of sp³-hybridized carbons (Fsp3) is 0.312. The van der Waals surface area contributed by atoms with Gasteiger partial charge < -0.3 is 10.6 Å². The van der Waals surface area contributed by atoms with E-state index in [1.165, 1.54) is 0 Å². The van der Waals surface area contributed by atoms with Gasteiger partial charge in [-0.2, -0.15) is 0 Å². The van der Waals surface area contributed by atoms with Crippen molar-refractivity contribution in [1.29, 1.82) is 0 Å². The fourth-order valence-corrected chi connectivity index (χ4v) is 3.29. The molecule has 23 heavy (non-hydrogen) atoms. The van der Waals surface area contributed by atoms with Crippen LogP contribution >= 0.6 is 33.9 Å². The summed E-state index contributed by atoms with van der Waals surface area (Å²) in [6.45, 7) is 4.50. The van der Waals surface area contributed by atoms with Crippen molar-refractivity contribution in [3.8, 4) is 0 Å². The maximum absolute atomic E-state index is 12.0. The lowest BCUT2D eigenvalue weighted by atomic mass is 10.2. The van der Waals surface area contributed by atoms with E-state index >= 15 is 0 Å². The van der Waals surface area contributed by atoms with Crippen LogP contribution in [-0.2, 0) is 11.3 Å². The van der Waals surface area contributed by atoms with E-state index in [9.17, 15) is 9.59 Å². The summed E-state index contributed by atoms with van der Waals surface area (Å²) in [6, 6.07) is 7.25. The van der Waals surface area contributed by atoms with Gasteiger partial charge in [-0.25, -0.2) is 4.98 Å². The topological polar surface area (TPSA) is 71.1 Å². The van der Waals surface area contributed by atoms with Gasteiger partial charge in [0, 0.05) is 14.9 Å². The molecule has 122 valence electrons. The van der Waals surface area contributed by atoms with Crippen molar-refractivity contribution in [2.45, 2.75) is 26.3 Å². The molecule has 7 heteroatoms. The molecule has 0 aliphatic rings. The number of amides is 2. The van der Waals surface area contributed by atoms with Crippen molar-refractivity contribution < 1.29 is 9.59 Å². The first-order valence-corrected chi connectivity index (χ1v) is 9.17. The van der Waals surface area contributed by atoms with E-state index in [1.54, 1.807) is 23.5 Å². The molecule has 5 nitrogen and oxygen atoms in total. The number of halogens is 1. The van der Waals surface area contributed by atoms with Crippen molar-refractivity contribution in [2.24, 2.45) is 0 Å². The number of benzene rings is 1. The highest BCUT2D eigenvalue weighted by atomic mass is 127. The van der Waals surface area contributed by atoms with Crippen LogP contribution in [0.25, 0.3) is 0 Å². The summed E-state index contributed by atoms with van der Waals surface area (Å²) in [5.74, 6) is -0.0960. The van der Waals surface area contributed by atoms with Gasteiger partial charge in [-0.1, -0.05) is 26.0 Å². The molecule has 0 aliphatic carbocycles. The first-order valence-electron chi connectivity index (χ1n) is 7.21. The second-order valence-corrected chi connectivity index (χ2v) is 7.32. The first kappa shape index (κ1) is 17.9. The normalized spacial score (nSPS) is 10.6. The zero-order valence-electron chi connectivity index (χ0n) is 12.9. The van der Waals surface area contributed by atoms with E-state index in [1.807, 2.05) is 17.5 Å². The summed E-state index contributed by atoms with van der Waals surface area (Å²) in [4.78, 5) is 28.3. The van der Waals surface area contributed by atoms with Crippen molar-refractivity contribution in [3.05, 3.63) is 49.5 Å². The predicted octanol–water partition coefficient (Wildman–Crippen LogP) is 2.92. The lowest BCUT2D eigenvalue weighted by Gasteiger charge is -2.07. The SMILES string of the molecule is CC(C)c1nc(CNC(=O)CNC(=O)c2ccccc2I)cs1. The van der Waals surface area contributed by atoms with Crippen molar-refractivity contribution in [2.75, 3.05) is 6.54 Å². The molecule has 1 aromatic carbocycles. The van der Waals surface area contributed by atoms with Gasteiger partial charge in [0.15, 0.2) is 0 Å². The molecule has 0 saturated heterocycles. The Labute approximate surface area is 153 Å². The van der Waals surface area contributed by atoms with Gasteiger partial charge in [-0.05, 0) is 34.7 Å². The highest BCUT2D eigenvalue weighted by Gasteiger charge is 2.11. The molecular formula is C16H18IN3O2S. The molecule has 0 fully saturated rings. The fourth-order valence-electron chi connectivity index (χ4n) is 1.82. The number of nitrogens with one attached hydrogen (secondary N) is 2. The Morgan fingerprint density at radius 3 is 2.65 bits per heavy atom. The highest BCUT2D eigenvalue weighted by Crippen LogP contribution is 2.18. The Bertz CT molecular complexity index is 700. The number of hydrogen-bond donors (Lipinski definition) is 2. The van der Waals surface area contributed by atoms with E-state index in [-0.39, 0.29) is 18.4 Å². The Kier molecular flexibility index (Phi) is 6.52. The summed E-state index contributed by atoms with van der Waals surface area (Å²) in [6.07, 6.45) is 0. The van der Waals surface area contributed by atoms with Crippen LogP contribution in [0, 0.1) is 3.57 Å². The van der Waals surface area contributed by atoms with E-state index in [4.69, 9.17) is 0 Å². The van der Waals surface area contributed by atoms with E-state index < -0.39 is 0 Å². The molecule has 0 spiro atoms. The number of carbonyl (C=O) groups excluding carboxylic acids is 2. The summed E-state index contributed by atoms with van der Waals surface area (Å²) >= 11 is 3.69. The first-order chi connectivity index (χ1) is 11.0. The molecule has 0 unspecified atom stereocenters. The third-order valence-corrected chi connectivity index (χ3v) is 5.19. The van der Waals surface area contributed by atoms with Gasteiger partial charge in [0.25, 0.3) is 5.91 Å². The van der Waals surface area contributed by atoms with Crippen LogP contribution in [0.5, 0.6) is 0 Å². The molecule has 0 saturated carbocycles. The molecule has 2 aromatic rings. The van der Waals surface area contributed by atoms with Gasteiger partial charge in [-0.3, -0.25) is 9.59 Å². The van der Waals surface area contributed by atoms with Crippen LogP contribution in [0.2, 0.25) is 0 Å². The monoisotopic (exact) mass is 443 g/mol. The van der Waals surface area contributed by atoms with Crippen LogP contribution in [0.4, 0.5) is 0 Å². The van der Waals surface area contributed by atoms with Crippen LogP contribution in [0.1, 0.15) is 40.8 Å². The van der Waals surface area contributed by atoms with E-state index in [0.717, 1.165) is 14.3 Å². The van der Waals surface area contributed by atoms with Gasteiger partial charge in [0.1, 0.15) is 0 Å². The smallest absolute Gasteiger partial charge is 0.252 e. The second-order valence-electron chi connectivity index (χ2n) is 5.27. The van der Waals surface area contributed by atoms with Crippen LogP contribution in [0.15, 0.2) is 29.6 Å². The van der Waals surface area contributed by atoms with Crippen molar-refractivity contribution >= 4 is 45.7 Å². The molecule has 0 radical (unpaired) electrons. The highest BCUT2D eigenvalue weighted by molar-refractivity contribution is 14.1. The van der Waals surface area contributed by atoms with Crippen LogP contribution in [-0.4, -0.2) is 23.3 Å². The number of aromatic nitrogens is 1. The van der Waals surface area contributed by atoms with Crippen molar-refractivity contribution in [3.63, 3.8) is 0 Å². The van der Waals surface area contributed by atoms with E-state index in [2.05, 4.69) is 52.1 Å². The Morgan fingerprint density at radius 1 is 1.26 bits per heavy atom. The molecule has 1 heterocycles. The van der Waals surface area contributed by atoms with Gasteiger partial charge in [0.05, 0.1) is 29.4 Å². The van der Waals surface area contributed by atoms with E-state index in [0.29, 0.717) is 18.0 Å². The molecule has 0 atom stereocenters. The summed E-state index contributed by atoms with van der Waals surface area (Å²) < 4.78 is 0.853. The number of thiazole rings is 1. The van der Waals surface area contributed by atoms with Gasteiger partial charge in [-0.15, -0.1) is 11.3 Å². The lowest BCUT2D eigenvalue weighted by Crippen LogP contribution is -2.36. The van der Waals surface area contributed by atoms with Gasteiger partial charge in [0.2, 0.25) is 5.91 Å². The minimum atomic E-state index is -0.249. The second kappa shape index (κ2) is 8.39. The predicted molar refractivity (Wildman–Crippen MR) is 99.5 cm³/mol. The molecule has 2 rings (SSSR count). The standard InChI is InChI=1S/C16H18IN3O2S/c1-10(2)16-20-11(9-23-16)7-18-14(21)8-19-15(22)12-5-3-4-6-13(12)17/h3-6,9-10H,7-8H2,1-2H3,(H,18,21)(H,19,22). The van der Waals surface area contributed by atoms with Gasteiger partial charge >= 0.3 is 0 Å². The van der Waals surface area contributed by atoms with Crippen LogP contribution < -0.4 is 10.6 Å².